The van der Waals surface area contributed by atoms with Crippen molar-refractivity contribution in [2.45, 2.75) is 13.1 Å². The van der Waals surface area contributed by atoms with Gasteiger partial charge in [-0.15, -0.1) is 0 Å². The number of rotatable bonds is 1. The van der Waals surface area contributed by atoms with Crippen LogP contribution in [0.25, 0.3) is 0 Å². The van der Waals surface area contributed by atoms with Crippen molar-refractivity contribution in [3.05, 3.63) is 29.0 Å². The lowest BCUT2D eigenvalue weighted by molar-refractivity contribution is 0.0228. The highest BCUT2D eigenvalue weighted by molar-refractivity contribution is 9.14. The summed E-state index contributed by atoms with van der Waals surface area (Å²) in [5.74, 6) is 0. The fourth-order valence-electron chi connectivity index (χ4n) is 2.25. The van der Waals surface area contributed by atoms with Gasteiger partial charge in [0.1, 0.15) is 0 Å². The molecule has 0 unspecified atom stereocenters. The summed E-state index contributed by atoms with van der Waals surface area (Å²) in [5, 5.41) is 2.09. The lowest BCUT2D eigenvalue weighted by atomic mass is 10.0. The Hall–Kier alpha value is -0.450. The first-order valence-corrected chi connectivity index (χ1v) is 8.74. The Morgan fingerprint density at radius 1 is 0.857 bits per heavy atom. The predicted molar refractivity (Wildman–Crippen MR) is 87.7 cm³/mol. The van der Waals surface area contributed by atoms with Crippen molar-refractivity contribution in [3.63, 3.8) is 0 Å². The van der Waals surface area contributed by atoms with E-state index < -0.39 is 24.3 Å². The van der Waals surface area contributed by atoms with E-state index in [2.05, 4.69) is 69.0 Å². The molecule has 2 saturated heterocycles. The van der Waals surface area contributed by atoms with Gasteiger partial charge in [0.25, 0.3) is 0 Å². The maximum Gasteiger partial charge on any atom is 0.340 e. The van der Waals surface area contributed by atoms with E-state index >= 15 is 0 Å². The van der Waals surface area contributed by atoms with Crippen LogP contribution in [0.2, 0.25) is 0 Å². The van der Waals surface area contributed by atoms with Crippen LogP contribution in [0.1, 0.15) is 17.3 Å². The number of halogens is 4. The second kappa shape index (κ2) is 5.04. The maximum absolute atomic E-state index is 11.8. The Kier molecular flexibility index (Phi) is 3.70. The molecule has 0 saturated carbocycles. The minimum absolute atomic E-state index is 0.621. The van der Waals surface area contributed by atoms with Crippen LogP contribution in [0.3, 0.4) is 0 Å². The van der Waals surface area contributed by atoms with E-state index in [0.717, 1.165) is 24.3 Å². The first kappa shape index (κ1) is 15.4. The molecule has 0 atom stereocenters. The number of carbonyl (C=O) groups excluding carboxylic acids is 3. The number of fused-ring (bicyclic) bond motifs is 2. The largest absolute Gasteiger partial charge is 0.340 e. The van der Waals surface area contributed by atoms with Crippen LogP contribution in [0, 0.1) is 6.92 Å². The number of imide groups is 3. The molecule has 110 valence electrons. The van der Waals surface area contributed by atoms with E-state index in [1.807, 2.05) is 6.92 Å². The second-order valence-corrected chi connectivity index (χ2v) is 7.60. The Labute approximate surface area is 152 Å². The Balaban J connectivity index is 2.21. The molecule has 2 aliphatic heterocycles. The molecular formula is C11H5Br4N3O3. The monoisotopic (exact) mass is 543 g/mol. The van der Waals surface area contributed by atoms with Crippen molar-refractivity contribution in [1.82, 2.24) is 15.1 Å². The van der Waals surface area contributed by atoms with Crippen molar-refractivity contribution in [2.24, 2.45) is 0 Å². The molecule has 0 radical (unpaired) electrons. The molecule has 1 N–H and O–H groups in total. The number of benzene rings is 1. The van der Waals surface area contributed by atoms with E-state index in [-0.39, 0.29) is 0 Å². The molecular weight excluding hydrogens is 542 g/mol. The van der Waals surface area contributed by atoms with Crippen molar-refractivity contribution < 1.29 is 14.4 Å². The zero-order valence-electron chi connectivity index (χ0n) is 10.2. The third kappa shape index (κ3) is 1.95. The number of hydrogen-bond donors (Lipinski definition) is 1. The number of carbonyl (C=O) groups is 3. The van der Waals surface area contributed by atoms with Crippen LogP contribution >= 0.6 is 63.7 Å². The third-order valence-corrected chi connectivity index (χ3v) is 8.02. The molecule has 0 spiro atoms. The van der Waals surface area contributed by atoms with Crippen LogP contribution in [0.4, 0.5) is 14.4 Å². The molecule has 1 aromatic carbocycles. The smallest absolute Gasteiger partial charge is 0.258 e. The van der Waals surface area contributed by atoms with Gasteiger partial charge in [0, 0.05) is 23.5 Å². The van der Waals surface area contributed by atoms with Crippen LogP contribution < -0.4 is 5.32 Å². The highest BCUT2D eigenvalue weighted by Gasteiger charge is 2.58. The average Bonchev–Trinajstić information content (AvgIpc) is 2.41. The molecule has 21 heavy (non-hydrogen) atoms. The van der Waals surface area contributed by atoms with Gasteiger partial charge in [-0.2, -0.15) is 0 Å². The molecule has 6 nitrogen and oxygen atoms in total. The van der Waals surface area contributed by atoms with Gasteiger partial charge in [0.15, 0.2) is 6.17 Å². The summed E-state index contributed by atoms with van der Waals surface area (Å²) in [7, 11) is 0. The van der Waals surface area contributed by atoms with E-state index in [4.69, 9.17) is 0 Å². The molecule has 6 amide bonds. The van der Waals surface area contributed by atoms with Gasteiger partial charge >= 0.3 is 18.1 Å². The minimum atomic E-state index is -0.759. The molecule has 1 aromatic rings. The van der Waals surface area contributed by atoms with E-state index in [0.29, 0.717) is 14.5 Å². The number of nitrogens with zero attached hydrogens (tertiary/aromatic N) is 2. The number of nitrogens with one attached hydrogen (secondary N) is 1. The summed E-state index contributed by atoms with van der Waals surface area (Å²) < 4.78 is 2.94. The second-order valence-electron chi connectivity index (χ2n) is 4.43. The predicted octanol–water partition coefficient (Wildman–Crippen LogP) is 4.62. The van der Waals surface area contributed by atoms with Gasteiger partial charge in [0.2, 0.25) is 0 Å². The fraction of sp³-hybridized carbons (Fsp3) is 0.182. The van der Waals surface area contributed by atoms with Gasteiger partial charge < -0.3 is 0 Å². The molecule has 0 aromatic heterocycles. The number of urea groups is 3. The molecule has 3 rings (SSSR count). The Morgan fingerprint density at radius 3 is 1.86 bits per heavy atom. The maximum atomic E-state index is 11.8. The average molecular weight is 547 g/mol. The van der Waals surface area contributed by atoms with Gasteiger partial charge in [0.05, 0.1) is 0 Å². The van der Waals surface area contributed by atoms with Crippen LogP contribution in [0.15, 0.2) is 17.9 Å². The summed E-state index contributed by atoms with van der Waals surface area (Å²) in [6.45, 7) is 1.87. The zero-order valence-corrected chi connectivity index (χ0v) is 16.6. The minimum Gasteiger partial charge on any atom is -0.258 e. The van der Waals surface area contributed by atoms with Crippen molar-refractivity contribution in [2.75, 3.05) is 0 Å². The van der Waals surface area contributed by atoms with Crippen molar-refractivity contribution in [3.8, 4) is 0 Å². The fourth-order valence-corrected chi connectivity index (χ4v) is 5.16. The number of hydrogen-bond acceptors (Lipinski definition) is 3. The quantitative estimate of drug-likeness (QED) is 0.413. The van der Waals surface area contributed by atoms with Crippen molar-refractivity contribution in [1.29, 1.82) is 0 Å². The number of amides is 6. The highest BCUT2D eigenvalue weighted by atomic mass is 79.9. The summed E-state index contributed by atoms with van der Waals surface area (Å²) in [4.78, 5) is 37.4. The van der Waals surface area contributed by atoms with Gasteiger partial charge in [-0.3, -0.25) is 5.32 Å². The molecule has 2 heterocycles. The molecule has 2 fully saturated rings. The van der Waals surface area contributed by atoms with E-state index in [1.54, 1.807) is 0 Å². The van der Waals surface area contributed by atoms with Crippen LogP contribution in [-0.4, -0.2) is 27.9 Å². The molecule has 10 heteroatoms. The normalized spacial score (nSPS) is 18.0. The first-order chi connectivity index (χ1) is 9.77. The third-order valence-electron chi connectivity index (χ3n) is 3.33. The lowest BCUT2D eigenvalue weighted by Gasteiger charge is -2.51. The van der Waals surface area contributed by atoms with E-state index in [1.165, 1.54) is 0 Å². The molecule has 0 aliphatic carbocycles. The Bertz CT molecular complexity index is 668. The summed E-state index contributed by atoms with van der Waals surface area (Å²) in [6, 6.07) is -2.05. The van der Waals surface area contributed by atoms with Crippen molar-refractivity contribution >= 4 is 81.8 Å². The van der Waals surface area contributed by atoms with Gasteiger partial charge in [-0.1, -0.05) is 15.9 Å². The van der Waals surface area contributed by atoms with Crippen LogP contribution in [0.5, 0.6) is 0 Å². The summed E-state index contributed by atoms with van der Waals surface area (Å²) in [6.07, 6.45) is -0.759. The Morgan fingerprint density at radius 2 is 1.38 bits per heavy atom. The zero-order chi connectivity index (χ0) is 15.6. The first-order valence-electron chi connectivity index (χ1n) is 5.57. The molecule has 2 aliphatic rings. The molecule has 2 bridgehead atoms. The van der Waals surface area contributed by atoms with E-state index in [9.17, 15) is 14.4 Å². The van der Waals surface area contributed by atoms with Gasteiger partial charge in [-0.05, 0) is 60.3 Å². The van der Waals surface area contributed by atoms with Gasteiger partial charge in [-0.25, -0.2) is 24.2 Å². The van der Waals surface area contributed by atoms with Crippen LogP contribution in [-0.2, 0) is 0 Å². The SMILES string of the molecule is Cc1c(Br)c(Br)c(Br)c(C2N3C(=O)NC(=O)N2C3=O)c1Br. The highest BCUT2D eigenvalue weighted by Crippen LogP contribution is 2.49. The lowest BCUT2D eigenvalue weighted by Crippen LogP contribution is -2.75. The topological polar surface area (TPSA) is 69.7 Å². The summed E-state index contributed by atoms with van der Waals surface area (Å²) in [5.41, 5.74) is 1.51. The standard InChI is InChI=1S/C11H5Br4N3O3/c1-2-4(12)3(6(14)7(15)5(2)13)8-17-9(19)16-10(20)18(8)11(17)21/h8H,1H3,(H,16,19,20). The summed E-state index contributed by atoms with van der Waals surface area (Å²) >= 11 is 13.8.